The summed E-state index contributed by atoms with van der Waals surface area (Å²) in [7, 11) is 1.34. The lowest BCUT2D eigenvalue weighted by atomic mass is 10.0. The van der Waals surface area contributed by atoms with Gasteiger partial charge in [0.15, 0.2) is 0 Å². The van der Waals surface area contributed by atoms with Gasteiger partial charge in [-0.3, -0.25) is 29.1 Å². The average Bonchev–Trinajstić information content (AvgIpc) is 3.47. The van der Waals surface area contributed by atoms with Crippen molar-refractivity contribution in [1.29, 1.82) is 0 Å². The Kier molecular flexibility index (Phi) is 6.02. The van der Waals surface area contributed by atoms with Crippen LogP contribution in [-0.2, 0) is 13.6 Å². The zero-order chi connectivity index (χ0) is 25.6. The molecule has 0 aliphatic carbocycles. The topological polar surface area (TPSA) is 164 Å². The molecule has 2 amide bonds. The minimum absolute atomic E-state index is 0.0325. The summed E-state index contributed by atoms with van der Waals surface area (Å²) in [6, 6.07) is 1.16. The number of primary amides is 1. The van der Waals surface area contributed by atoms with Crippen LogP contribution in [0.4, 0.5) is 20.2 Å². The van der Waals surface area contributed by atoms with Crippen molar-refractivity contribution in [2.45, 2.75) is 26.8 Å². The largest absolute Gasteiger partial charge is 0.365 e. The molecule has 0 atom stereocenters. The molecule has 0 aromatic carbocycles. The van der Waals surface area contributed by atoms with Crippen LogP contribution in [0.25, 0.3) is 21.3 Å². The molecule has 0 aliphatic heterocycles. The van der Waals surface area contributed by atoms with E-state index in [9.17, 15) is 28.5 Å². The molecule has 35 heavy (non-hydrogen) atoms. The van der Waals surface area contributed by atoms with Crippen molar-refractivity contribution in [2.75, 3.05) is 5.32 Å². The number of amides is 2. The maximum Gasteiger partial charge on any atom is 0.320 e. The predicted octanol–water partition coefficient (Wildman–Crippen LogP) is 3.42. The van der Waals surface area contributed by atoms with E-state index < -0.39 is 34.5 Å². The zero-order valence-corrected chi connectivity index (χ0v) is 19.4. The number of carbonyl (C=O) groups is 2. The third kappa shape index (κ3) is 4.09. The Hall–Kier alpha value is -4.27. The summed E-state index contributed by atoms with van der Waals surface area (Å²) in [5.74, 6) is -1.88. The van der Waals surface area contributed by atoms with Gasteiger partial charge in [0.25, 0.3) is 18.2 Å². The van der Waals surface area contributed by atoms with Gasteiger partial charge in [-0.2, -0.15) is 10.2 Å². The Morgan fingerprint density at radius 1 is 1.34 bits per heavy atom. The average molecular weight is 504 g/mol. The Labute approximate surface area is 199 Å². The van der Waals surface area contributed by atoms with E-state index in [0.717, 1.165) is 28.3 Å². The molecule has 0 spiro atoms. The van der Waals surface area contributed by atoms with E-state index in [0.29, 0.717) is 17.8 Å². The molecule has 0 radical (unpaired) electrons. The predicted molar refractivity (Wildman–Crippen MR) is 123 cm³/mol. The molecule has 12 nitrogen and oxygen atoms in total. The van der Waals surface area contributed by atoms with Crippen molar-refractivity contribution in [3.8, 4) is 11.1 Å². The fourth-order valence-electron chi connectivity index (χ4n) is 3.67. The van der Waals surface area contributed by atoms with Crippen molar-refractivity contribution in [3.63, 3.8) is 0 Å². The highest BCUT2D eigenvalue weighted by Gasteiger charge is 2.30. The highest BCUT2D eigenvalue weighted by molar-refractivity contribution is 7.21. The Balaban J connectivity index is 2.00. The van der Waals surface area contributed by atoms with E-state index in [1.165, 1.54) is 7.05 Å². The molecule has 0 saturated carbocycles. The number of nitrogens with two attached hydrogens (primary N) is 1. The summed E-state index contributed by atoms with van der Waals surface area (Å²) < 4.78 is 30.0. The molecule has 0 saturated heterocycles. The van der Waals surface area contributed by atoms with E-state index in [-0.39, 0.29) is 32.0 Å². The highest BCUT2D eigenvalue weighted by atomic mass is 32.1. The minimum atomic E-state index is -2.91. The Bertz CT molecular complexity index is 1510. The molecule has 3 N–H and O–H groups in total. The number of hydrogen-bond acceptors (Lipinski definition) is 8. The van der Waals surface area contributed by atoms with Gasteiger partial charge >= 0.3 is 5.69 Å². The van der Waals surface area contributed by atoms with Crippen LogP contribution in [0.5, 0.6) is 0 Å². The number of hydrogen-bond donors (Lipinski definition) is 2. The number of aromatic nitrogens is 5. The zero-order valence-electron chi connectivity index (χ0n) is 18.6. The van der Waals surface area contributed by atoms with Crippen LogP contribution in [0, 0.1) is 17.0 Å². The lowest BCUT2D eigenvalue weighted by molar-refractivity contribution is -0.385. The summed E-state index contributed by atoms with van der Waals surface area (Å²) in [4.78, 5) is 39.8. The van der Waals surface area contributed by atoms with Crippen LogP contribution >= 0.6 is 11.3 Å². The molecule has 0 fully saturated rings. The third-order valence-corrected chi connectivity index (χ3v) is 6.36. The number of rotatable bonds is 7. The van der Waals surface area contributed by atoms with Gasteiger partial charge in [-0.25, -0.2) is 13.8 Å². The van der Waals surface area contributed by atoms with E-state index in [4.69, 9.17) is 5.73 Å². The van der Waals surface area contributed by atoms with E-state index >= 15 is 0 Å². The van der Waals surface area contributed by atoms with E-state index in [2.05, 4.69) is 20.5 Å². The van der Waals surface area contributed by atoms with Gasteiger partial charge in [-0.1, -0.05) is 0 Å². The smallest absolute Gasteiger partial charge is 0.320 e. The van der Waals surface area contributed by atoms with Crippen LogP contribution in [0.15, 0.2) is 18.5 Å². The molecular weight excluding hydrogens is 486 g/mol. The molecule has 4 rings (SSSR count). The number of pyridine rings is 1. The van der Waals surface area contributed by atoms with Crippen LogP contribution < -0.4 is 11.1 Å². The highest BCUT2D eigenvalue weighted by Crippen LogP contribution is 2.43. The number of anilines is 1. The van der Waals surface area contributed by atoms with Gasteiger partial charge < -0.3 is 11.1 Å². The van der Waals surface area contributed by atoms with Crippen LogP contribution in [0.3, 0.4) is 0 Å². The van der Waals surface area contributed by atoms with Crippen molar-refractivity contribution in [1.82, 2.24) is 24.5 Å². The number of thiophene rings is 1. The first-order chi connectivity index (χ1) is 16.5. The Morgan fingerprint density at radius 3 is 2.63 bits per heavy atom. The van der Waals surface area contributed by atoms with Gasteiger partial charge in [-0.15, -0.1) is 11.3 Å². The molecular formula is C20H18F2N8O4S. The third-order valence-electron chi connectivity index (χ3n) is 5.26. The lowest BCUT2D eigenvalue weighted by Gasteiger charge is -2.10. The maximum absolute atomic E-state index is 13.7. The fraction of sp³-hybridized carbons (Fsp3) is 0.250. The lowest BCUT2D eigenvalue weighted by Crippen LogP contribution is -2.20. The van der Waals surface area contributed by atoms with Gasteiger partial charge in [0.05, 0.1) is 16.3 Å². The first-order valence-electron chi connectivity index (χ1n) is 10.1. The molecule has 4 heterocycles. The molecule has 4 aromatic rings. The molecule has 4 aromatic heterocycles. The molecule has 15 heteroatoms. The minimum Gasteiger partial charge on any atom is -0.365 e. The summed E-state index contributed by atoms with van der Waals surface area (Å²) in [5, 5.41) is 22.1. The summed E-state index contributed by atoms with van der Waals surface area (Å²) in [6.07, 6.45) is -0.340. The van der Waals surface area contributed by atoms with E-state index in [1.807, 2.05) is 6.92 Å². The standard InChI is InChI=1S/C20H18F2N8O4S/c1-4-29-7-10(8(2)27-29)9-5-11(17(21)22)25-20-13(9)14(16(35-20)18(23)31)26-19(32)15-12(30(33)34)6-24-28(15)3/h5-7,17H,4H2,1-3H3,(H2,23,31)(H,26,32). The monoisotopic (exact) mass is 504 g/mol. The van der Waals surface area contributed by atoms with Gasteiger partial charge in [0, 0.05) is 30.7 Å². The van der Waals surface area contributed by atoms with Gasteiger partial charge in [-0.05, 0) is 25.5 Å². The first kappa shape index (κ1) is 23.9. The first-order valence-corrected chi connectivity index (χ1v) is 10.9. The number of alkyl halides is 2. The second kappa shape index (κ2) is 8.83. The number of aryl methyl sites for hydroxylation is 3. The van der Waals surface area contributed by atoms with Crippen molar-refractivity contribution >= 4 is 44.7 Å². The summed E-state index contributed by atoms with van der Waals surface area (Å²) in [6.45, 7) is 4.06. The molecule has 0 bridgehead atoms. The molecule has 0 unspecified atom stereocenters. The fourth-order valence-corrected chi connectivity index (χ4v) is 4.69. The number of carbonyl (C=O) groups excluding carboxylic acids is 2. The van der Waals surface area contributed by atoms with Crippen LogP contribution in [0.2, 0.25) is 0 Å². The number of nitrogens with one attached hydrogen (secondary N) is 1. The number of nitrogens with zero attached hydrogens (tertiary/aromatic N) is 6. The van der Waals surface area contributed by atoms with Crippen LogP contribution in [-0.4, -0.2) is 41.3 Å². The number of fused-ring (bicyclic) bond motifs is 1. The van der Waals surface area contributed by atoms with Crippen LogP contribution in [0.1, 0.15) is 44.9 Å². The van der Waals surface area contributed by atoms with Gasteiger partial charge in [0.2, 0.25) is 5.69 Å². The van der Waals surface area contributed by atoms with Crippen molar-refractivity contribution < 1.29 is 23.3 Å². The van der Waals surface area contributed by atoms with Crippen molar-refractivity contribution in [2.24, 2.45) is 12.8 Å². The maximum atomic E-state index is 13.7. The second-order valence-corrected chi connectivity index (χ2v) is 8.44. The molecule has 182 valence electrons. The SMILES string of the molecule is CCn1cc(-c2cc(C(F)F)nc3sc(C(N)=O)c(NC(=O)c4c([N+](=O)[O-])cnn4C)c23)c(C)n1. The quantitative estimate of drug-likeness (QED) is 0.287. The Morgan fingerprint density at radius 2 is 2.06 bits per heavy atom. The van der Waals surface area contributed by atoms with E-state index in [1.54, 1.807) is 17.8 Å². The van der Waals surface area contributed by atoms with Crippen molar-refractivity contribution in [3.05, 3.63) is 50.5 Å². The summed E-state index contributed by atoms with van der Waals surface area (Å²) in [5.41, 5.74) is 5.22. The molecule has 0 aliphatic rings. The second-order valence-electron chi connectivity index (χ2n) is 7.44. The summed E-state index contributed by atoms with van der Waals surface area (Å²) >= 11 is 0.728. The van der Waals surface area contributed by atoms with Gasteiger partial charge in [0.1, 0.15) is 21.6 Å². The normalized spacial score (nSPS) is 11.4. The number of nitro groups is 1. The number of halogens is 2.